The molecular weight excluding hydrogens is 350 g/mol. The van der Waals surface area contributed by atoms with E-state index < -0.39 is 10.0 Å². The van der Waals surface area contributed by atoms with E-state index in [1.807, 2.05) is 12.1 Å². The van der Waals surface area contributed by atoms with Crippen molar-refractivity contribution in [3.8, 4) is 0 Å². The Morgan fingerprint density at radius 3 is 2.23 bits per heavy atom. The molecule has 0 amide bonds. The molecule has 0 aromatic heterocycles. The molecule has 0 bridgehead atoms. The van der Waals surface area contributed by atoms with Crippen LogP contribution in [0.15, 0.2) is 24.3 Å². The number of unbranched alkanes of at least 4 members (excludes halogenated alkanes) is 3. The summed E-state index contributed by atoms with van der Waals surface area (Å²) in [6, 6.07) is 8.14. The Labute approximate surface area is 158 Å². The zero-order chi connectivity index (χ0) is 19.6. The van der Waals surface area contributed by atoms with Crippen LogP contribution in [0.2, 0.25) is 0 Å². The number of nitrogens with zero attached hydrogens (tertiary/aromatic N) is 1. The van der Waals surface area contributed by atoms with Gasteiger partial charge in [-0.3, -0.25) is 4.79 Å². The molecule has 0 radical (unpaired) electrons. The molecule has 0 fully saturated rings. The molecule has 0 saturated carbocycles. The van der Waals surface area contributed by atoms with Crippen LogP contribution in [0.25, 0.3) is 0 Å². The number of sulfonamides is 1. The van der Waals surface area contributed by atoms with Crippen molar-refractivity contribution >= 4 is 16.0 Å². The highest BCUT2D eigenvalue weighted by Crippen LogP contribution is 2.17. The number of hydrogen-bond donors (Lipinski definition) is 0. The summed E-state index contributed by atoms with van der Waals surface area (Å²) in [5.41, 5.74) is 2.25. The molecule has 1 rings (SSSR count). The van der Waals surface area contributed by atoms with Crippen LogP contribution in [-0.2, 0) is 26.1 Å². The molecule has 1 aromatic carbocycles. The van der Waals surface area contributed by atoms with Gasteiger partial charge < -0.3 is 4.74 Å². The highest BCUT2D eigenvalue weighted by atomic mass is 32.2. The minimum Gasteiger partial charge on any atom is -0.466 e. The van der Waals surface area contributed by atoms with Crippen LogP contribution in [0.5, 0.6) is 0 Å². The second-order valence-corrected chi connectivity index (χ2v) is 8.94. The normalized spacial score (nSPS) is 11.9. The topological polar surface area (TPSA) is 63.7 Å². The van der Waals surface area contributed by atoms with Gasteiger partial charge in [0.15, 0.2) is 0 Å². The quantitative estimate of drug-likeness (QED) is 0.403. The third-order valence-electron chi connectivity index (χ3n) is 4.32. The summed E-state index contributed by atoms with van der Waals surface area (Å²) in [7, 11) is -3.24. The van der Waals surface area contributed by atoms with Crippen molar-refractivity contribution in [1.29, 1.82) is 0 Å². The lowest BCUT2D eigenvalue weighted by Gasteiger charge is -2.20. The van der Waals surface area contributed by atoms with E-state index in [4.69, 9.17) is 4.74 Å². The van der Waals surface area contributed by atoms with E-state index in [-0.39, 0.29) is 5.97 Å². The second-order valence-electron chi connectivity index (χ2n) is 6.96. The fourth-order valence-electron chi connectivity index (χ4n) is 2.72. The number of carbonyl (C=O) groups is 1. The van der Waals surface area contributed by atoms with E-state index in [0.717, 1.165) is 31.2 Å². The monoisotopic (exact) mass is 383 g/mol. The van der Waals surface area contributed by atoms with E-state index in [1.54, 1.807) is 6.92 Å². The Morgan fingerprint density at radius 2 is 1.69 bits per heavy atom. The first-order valence-electron chi connectivity index (χ1n) is 9.43. The largest absolute Gasteiger partial charge is 0.466 e. The number of esters is 1. The molecule has 0 spiro atoms. The summed E-state index contributed by atoms with van der Waals surface area (Å²) in [4.78, 5) is 11.3. The molecule has 0 heterocycles. The fourth-order valence-corrected chi connectivity index (χ4v) is 3.56. The Morgan fingerprint density at radius 1 is 1.08 bits per heavy atom. The molecule has 6 heteroatoms. The third-order valence-corrected chi connectivity index (χ3v) is 5.57. The van der Waals surface area contributed by atoms with Crippen molar-refractivity contribution in [2.75, 3.05) is 19.4 Å². The summed E-state index contributed by atoms with van der Waals surface area (Å²) in [6.07, 6.45) is 5.08. The van der Waals surface area contributed by atoms with Crippen LogP contribution in [0, 0.1) is 0 Å². The first-order chi connectivity index (χ1) is 12.2. The summed E-state index contributed by atoms with van der Waals surface area (Å²) in [5.74, 6) is 0.305. The Kier molecular flexibility index (Phi) is 9.88. The van der Waals surface area contributed by atoms with Crippen LogP contribution < -0.4 is 0 Å². The Bertz CT molecular complexity index is 638. The van der Waals surface area contributed by atoms with Crippen molar-refractivity contribution < 1.29 is 17.9 Å². The second kappa shape index (κ2) is 11.3. The molecule has 148 valence electrons. The maximum atomic E-state index is 12.1. The molecule has 5 nitrogen and oxygen atoms in total. The molecule has 0 aliphatic heterocycles. The van der Waals surface area contributed by atoms with Crippen LogP contribution in [-0.4, -0.2) is 38.1 Å². The van der Waals surface area contributed by atoms with E-state index in [1.165, 1.54) is 16.1 Å². The van der Waals surface area contributed by atoms with E-state index in [9.17, 15) is 13.2 Å². The van der Waals surface area contributed by atoms with Crippen molar-refractivity contribution in [2.24, 2.45) is 0 Å². The van der Waals surface area contributed by atoms with Crippen LogP contribution >= 0.6 is 0 Å². The smallest absolute Gasteiger partial charge is 0.305 e. The van der Waals surface area contributed by atoms with Gasteiger partial charge >= 0.3 is 5.97 Å². The van der Waals surface area contributed by atoms with E-state index in [2.05, 4.69) is 26.0 Å². The number of benzene rings is 1. The number of carbonyl (C=O) groups excluding carboxylic acids is 1. The van der Waals surface area contributed by atoms with Gasteiger partial charge in [0.1, 0.15) is 0 Å². The standard InChI is InChI=1S/C20H33NO4S/c1-5-25-20(22)10-8-6-7-9-15-21(26(4,23)24)16-18-11-13-19(14-12-18)17(2)3/h11-14,17H,5-10,15-16H2,1-4H3. The van der Waals surface area contributed by atoms with Gasteiger partial charge in [-0.2, -0.15) is 4.31 Å². The van der Waals surface area contributed by atoms with Gasteiger partial charge in [0, 0.05) is 19.5 Å². The average Bonchev–Trinajstić information content (AvgIpc) is 2.56. The zero-order valence-corrected chi connectivity index (χ0v) is 17.3. The molecule has 0 N–H and O–H groups in total. The average molecular weight is 384 g/mol. The first-order valence-corrected chi connectivity index (χ1v) is 11.3. The van der Waals surface area contributed by atoms with Gasteiger partial charge in [-0.05, 0) is 36.8 Å². The minimum atomic E-state index is -3.24. The molecule has 0 aliphatic carbocycles. The highest BCUT2D eigenvalue weighted by molar-refractivity contribution is 7.88. The molecule has 1 aromatic rings. The predicted octanol–water partition coefficient (Wildman–Crippen LogP) is 4.09. The van der Waals surface area contributed by atoms with Gasteiger partial charge in [-0.25, -0.2) is 8.42 Å². The Balaban J connectivity index is 2.44. The number of ether oxygens (including phenoxy) is 1. The van der Waals surface area contributed by atoms with Crippen molar-refractivity contribution in [3.63, 3.8) is 0 Å². The first kappa shape index (κ1) is 22.6. The zero-order valence-electron chi connectivity index (χ0n) is 16.5. The van der Waals surface area contributed by atoms with Crippen molar-refractivity contribution in [3.05, 3.63) is 35.4 Å². The SMILES string of the molecule is CCOC(=O)CCCCCCN(Cc1ccc(C(C)C)cc1)S(C)(=O)=O. The van der Waals surface area contributed by atoms with E-state index in [0.29, 0.717) is 32.0 Å². The summed E-state index contributed by atoms with van der Waals surface area (Å²) >= 11 is 0. The summed E-state index contributed by atoms with van der Waals surface area (Å²) < 4.78 is 30.5. The maximum Gasteiger partial charge on any atom is 0.305 e. The van der Waals surface area contributed by atoms with Crippen LogP contribution in [0.3, 0.4) is 0 Å². The lowest BCUT2D eigenvalue weighted by Crippen LogP contribution is -2.30. The molecular formula is C20H33NO4S. The van der Waals surface area contributed by atoms with Crippen LogP contribution in [0.1, 0.15) is 69.9 Å². The lowest BCUT2D eigenvalue weighted by molar-refractivity contribution is -0.143. The number of hydrogen-bond acceptors (Lipinski definition) is 4. The van der Waals surface area contributed by atoms with Gasteiger partial charge in [-0.1, -0.05) is 51.0 Å². The van der Waals surface area contributed by atoms with Crippen LogP contribution in [0.4, 0.5) is 0 Å². The Hall–Kier alpha value is -1.40. The molecule has 0 saturated heterocycles. The molecule has 0 aliphatic rings. The van der Waals surface area contributed by atoms with Gasteiger partial charge in [-0.15, -0.1) is 0 Å². The number of rotatable bonds is 12. The molecule has 0 atom stereocenters. The van der Waals surface area contributed by atoms with Crippen molar-refractivity contribution in [1.82, 2.24) is 4.31 Å². The van der Waals surface area contributed by atoms with Gasteiger partial charge in [0.25, 0.3) is 0 Å². The lowest BCUT2D eigenvalue weighted by atomic mass is 10.0. The molecule has 26 heavy (non-hydrogen) atoms. The maximum absolute atomic E-state index is 12.1. The summed E-state index contributed by atoms with van der Waals surface area (Å²) in [6.45, 7) is 7.40. The summed E-state index contributed by atoms with van der Waals surface area (Å²) in [5, 5.41) is 0. The highest BCUT2D eigenvalue weighted by Gasteiger charge is 2.16. The third kappa shape index (κ3) is 8.81. The van der Waals surface area contributed by atoms with Gasteiger partial charge in [0.05, 0.1) is 12.9 Å². The molecule has 0 unspecified atom stereocenters. The predicted molar refractivity (Wildman–Crippen MR) is 106 cm³/mol. The minimum absolute atomic E-state index is 0.157. The van der Waals surface area contributed by atoms with Crippen molar-refractivity contribution in [2.45, 2.75) is 65.3 Å². The fraction of sp³-hybridized carbons (Fsp3) is 0.650. The van der Waals surface area contributed by atoms with E-state index >= 15 is 0 Å². The van der Waals surface area contributed by atoms with Gasteiger partial charge in [0.2, 0.25) is 10.0 Å².